The largest absolute Gasteiger partial charge is 0.507 e. The molecule has 0 bridgehead atoms. The second-order valence-corrected chi connectivity index (χ2v) is 14.8. The molecule has 0 radical (unpaired) electrons. The summed E-state index contributed by atoms with van der Waals surface area (Å²) in [5.41, 5.74) is 4.20. The number of fused-ring (bicyclic) bond motifs is 3. The molecule has 2 atom stereocenters. The predicted molar refractivity (Wildman–Crippen MR) is 187 cm³/mol. The smallest absolute Gasteiger partial charge is 0.337 e. The number of nitrogens with one attached hydrogen (secondary N) is 1. The first kappa shape index (κ1) is 32.7. The van der Waals surface area contributed by atoms with Gasteiger partial charge in [-0.3, -0.25) is 14.4 Å². The number of carboxylic acid groups (broad SMARTS) is 1. The van der Waals surface area contributed by atoms with Gasteiger partial charge in [-0.25, -0.2) is 4.79 Å². The Morgan fingerprint density at radius 2 is 1.56 bits per heavy atom. The van der Waals surface area contributed by atoms with Crippen molar-refractivity contribution < 1.29 is 34.1 Å². The number of ether oxygens (including phenoxy) is 1. The molecule has 2 unspecified atom stereocenters. The standard InChI is InChI=1S/C40H39NO7/c1-39(2,3)28-16-21(17-29(37(28)45)40(4,5)6)10-15-32(42)48-31-9-7-8-22-13-14-30(41-34(22)31)33-35(43)26-19-23-11-12-24(38(46)47)18-25(23)20-27(26)36(33)44/h7-9,11-14,16-20,30,33,41,45H,10,15H2,1-6H3,(H,46,47)/p+1. The zero-order valence-corrected chi connectivity index (χ0v) is 28.0. The molecule has 1 aliphatic carbocycles. The van der Waals surface area contributed by atoms with Gasteiger partial charge in [-0.15, -0.1) is 0 Å². The minimum atomic E-state index is -1.06. The summed E-state index contributed by atoms with van der Waals surface area (Å²) in [6.45, 7) is 12.3. The number of anilines is 1. The summed E-state index contributed by atoms with van der Waals surface area (Å²) < 4.78 is 5.88. The second kappa shape index (κ2) is 11.8. The van der Waals surface area contributed by atoms with Crippen molar-refractivity contribution >= 4 is 46.0 Å². The van der Waals surface area contributed by atoms with Crippen LogP contribution in [0.4, 0.5) is 5.69 Å². The molecule has 8 nitrogen and oxygen atoms in total. The van der Waals surface area contributed by atoms with Gasteiger partial charge in [0.15, 0.2) is 17.5 Å². The van der Waals surface area contributed by atoms with Gasteiger partial charge in [-0.05, 0) is 75.0 Å². The van der Waals surface area contributed by atoms with Gasteiger partial charge in [0.1, 0.15) is 5.75 Å². The first-order valence-corrected chi connectivity index (χ1v) is 16.1. The zero-order valence-electron chi connectivity index (χ0n) is 28.0. The Morgan fingerprint density at radius 1 is 0.896 bits per heavy atom. The summed E-state index contributed by atoms with van der Waals surface area (Å²) in [6.07, 6.45) is 4.19. The lowest BCUT2D eigenvalue weighted by atomic mass is 9.78. The first-order chi connectivity index (χ1) is 22.5. The molecular weight excluding hydrogens is 606 g/mol. The van der Waals surface area contributed by atoms with Gasteiger partial charge < -0.3 is 20.3 Å². The zero-order chi connectivity index (χ0) is 34.7. The molecule has 0 amide bonds. The average Bonchev–Trinajstić information content (AvgIpc) is 3.26. The van der Waals surface area contributed by atoms with Crippen LogP contribution in [0.5, 0.6) is 11.5 Å². The van der Waals surface area contributed by atoms with Gasteiger partial charge in [0.2, 0.25) is 0 Å². The Hall–Kier alpha value is -5.24. The van der Waals surface area contributed by atoms with Crippen LogP contribution < -0.4 is 10.1 Å². The third kappa shape index (κ3) is 5.99. The Balaban J connectivity index is 1.21. The third-order valence-electron chi connectivity index (χ3n) is 9.18. The highest BCUT2D eigenvalue weighted by molar-refractivity contribution is 6.29. The Bertz CT molecular complexity index is 2020. The molecule has 8 heteroatoms. The van der Waals surface area contributed by atoms with Crippen LogP contribution in [-0.2, 0) is 22.0 Å². The van der Waals surface area contributed by atoms with E-state index in [-0.39, 0.29) is 34.4 Å². The van der Waals surface area contributed by atoms with Crippen LogP contribution >= 0.6 is 0 Å². The molecule has 1 heterocycles. The fraction of sp³-hybridized carbons (Fsp3) is 0.300. The van der Waals surface area contributed by atoms with Gasteiger partial charge in [0, 0.05) is 17.5 Å². The lowest BCUT2D eigenvalue weighted by molar-refractivity contribution is -0.134. The van der Waals surface area contributed by atoms with Crippen LogP contribution in [0.25, 0.3) is 16.8 Å². The van der Waals surface area contributed by atoms with Crippen LogP contribution in [0.1, 0.15) is 96.5 Å². The summed E-state index contributed by atoms with van der Waals surface area (Å²) in [7, 11) is 0. The highest BCUT2D eigenvalue weighted by atomic mass is 16.5. The first-order valence-electron chi connectivity index (χ1n) is 16.1. The van der Waals surface area contributed by atoms with Crippen molar-refractivity contribution in [1.82, 2.24) is 0 Å². The maximum Gasteiger partial charge on any atom is 0.337 e. The Morgan fingerprint density at radius 3 is 2.21 bits per heavy atom. The number of phenolic OH excluding ortho intramolecular Hbond substituents is 1. The Labute approximate surface area is 279 Å². The van der Waals surface area contributed by atoms with Crippen molar-refractivity contribution in [2.45, 2.75) is 71.3 Å². The van der Waals surface area contributed by atoms with Crippen LogP contribution in [0.15, 0.2) is 66.7 Å². The predicted octanol–water partition coefficient (Wildman–Crippen LogP) is 7.59. The minimum absolute atomic E-state index is 0.101. The molecule has 0 saturated heterocycles. The van der Waals surface area contributed by atoms with Crippen molar-refractivity contribution in [3.63, 3.8) is 0 Å². The van der Waals surface area contributed by atoms with E-state index in [0.29, 0.717) is 45.5 Å². The lowest BCUT2D eigenvalue weighted by Gasteiger charge is -2.28. The number of carbonyl (C=O) groups is 3. The molecule has 48 heavy (non-hydrogen) atoms. The van der Waals surface area contributed by atoms with Gasteiger partial charge in [0.25, 0.3) is 0 Å². The number of carbonyl (C=O) groups excluding carboxylic acids is 3. The quantitative estimate of drug-likeness (QED) is 0.0850. The number of benzene rings is 4. The number of ketones is 2. The monoisotopic (exact) mass is 646 g/mol. The number of carboxylic acids is 1. The van der Waals surface area contributed by atoms with Crippen molar-refractivity contribution in [1.29, 1.82) is 0 Å². The minimum Gasteiger partial charge on any atom is -0.507 e. The number of hydrogen-bond donors (Lipinski definition) is 3. The number of aromatic hydroxyl groups is 1. The number of aryl methyl sites for hydroxylation is 1. The number of para-hydroxylation sites is 1. The van der Waals surface area contributed by atoms with Crippen LogP contribution in [0, 0.1) is 5.92 Å². The van der Waals surface area contributed by atoms with Crippen LogP contribution in [0.2, 0.25) is 0 Å². The van der Waals surface area contributed by atoms with E-state index in [9.17, 15) is 29.4 Å². The second-order valence-electron chi connectivity index (χ2n) is 14.8. The van der Waals surface area contributed by atoms with E-state index in [2.05, 4.69) is 5.32 Å². The number of hydrogen-bond acceptors (Lipinski definition) is 6. The van der Waals surface area contributed by atoms with Crippen molar-refractivity contribution in [2.75, 3.05) is 5.32 Å². The average molecular weight is 647 g/mol. The van der Waals surface area contributed by atoms with E-state index < -0.39 is 23.9 Å². The van der Waals surface area contributed by atoms with Crippen molar-refractivity contribution in [2.24, 2.45) is 5.92 Å². The highest BCUT2D eigenvalue weighted by Gasteiger charge is 2.48. The molecule has 4 aromatic rings. The maximum atomic E-state index is 13.7. The molecule has 2 aliphatic rings. The van der Waals surface area contributed by atoms with E-state index in [1.54, 1.807) is 30.3 Å². The molecule has 0 fully saturated rings. The molecule has 4 aromatic carbocycles. The van der Waals surface area contributed by atoms with E-state index >= 15 is 0 Å². The highest BCUT2D eigenvalue weighted by Crippen LogP contribution is 2.41. The summed E-state index contributed by atoms with van der Waals surface area (Å²) in [6, 6.07) is 16.7. The van der Waals surface area contributed by atoms with E-state index in [0.717, 1.165) is 22.3 Å². The van der Waals surface area contributed by atoms with Crippen molar-refractivity contribution in [3.05, 3.63) is 106 Å². The summed E-state index contributed by atoms with van der Waals surface area (Å²) in [4.78, 5) is 49.7. The fourth-order valence-corrected chi connectivity index (χ4v) is 6.58. The molecular formula is C40H40NO7+. The number of aromatic carboxylic acids is 1. The molecule has 4 N–H and O–H groups in total. The topological polar surface area (TPSA) is 134 Å². The number of phenols is 1. The maximum absolute atomic E-state index is 13.7. The van der Waals surface area contributed by atoms with Crippen LogP contribution in [-0.4, -0.2) is 44.6 Å². The number of rotatable bonds is 6. The van der Waals surface area contributed by atoms with E-state index in [4.69, 9.17) is 4.74 Å². The van der Waals surface area contributed by atoms with Crippen molar-refractivity contribution in [3.8, 4) is 11.5 Å². The Kier molecular flexibility index (Phi) is 8.02. The molecule has 0 saturated carbocycles. The summed E-state index contributed by atoms with van der Waals surface area (Å²) >= 11 is 0. The SMILES string of the molecule is CC(C)(C)c1cc(CCC(=O)Oc2cccc3c2NC(C2C(=O)c4cc5ccc(C(=O)O)cc5cc4C2=[OH+])C=C3)cc(C(C)(C)C)c1O. The number of esters is 1. The number of Topliss-reactive ketones (excluding diaryl/α,β-unsaturated/α-hetero) is 1. The van der Waals surface area contributed by atoms with Gasteiger partial charge in [0.05, 0.1) is 22.9 Å². The molecule has 6 rings (SSSR count). The van der Waals surface area contributed by atoms with Gasteiger partial charge >= 0.3 is 17.7 Å². The third-order valence-corrected chi connectivity index (χ3v) is 9.18. The molecule has 246 valence electrons. The normalized spacial score (nSPS) is 17.2. The van der Waals surface area contributed by atoms with Crippen LogP contribution in [0.3, 0.4) is 0 Å². The van der Waals surface area contributed by atoms with Gasteiger partial charge in [-0.2, -0.15) is 0 Å². The summed E-state index contributed by atoms with van der Waals surface area (Å²) in [5.74, 6) is -2.16. The van der Waals surface area contributed by atoms with E-state index in [1.807, 2.05) is 71.9 Å². The molecule has 1 aliphatic heterocycles. The lowest BCUT2D eigenvalue weighted by Crippen LogP contribution is -2.36. The fourth-order valence-electron chi connectivity index (χ4n) is 6.58. The van der Waals surface area contributed by atoms with Gasteiger partial charge in [-0.1, -0.05) is 84.0 Å². The summed E-state index contributed by atoms with van der Waals surface area (Å²) in [5, 5.41) is 25.1. The molecule has 0 aromatic heterocycles. The van der Waals surface area contributed by atoms with E-state index in [1.165, 1.54) is 12.1 Å². The molecule has 0 spiro atoms.